The number of hydrogen-bond acceptors (Lipinski definition) is 3. The van der Waals surface area contributed by atoms with Gasteiger partial charge in [0.1, 0.15) is 5.82 Å². The summed E-state index contributed by atoms with van der Waals surface area (Å²) >= 11 is 0. The molecule has 0 saturated carbocycles. The number of ether oxygens (including phenoxy) is 1. The van der Waals surface area contributed by atoms with Crippen molar-refractivity contribution < 1.29 is 13.9 Å². The number of nitrogens with zero attached hydrogens (tertiary/aromatic N) is 1. The van der Waals surface area contributed by atoms with Gasteiger partial charge < -0.3 is 4.74 Å². The number of carbonyl (C=O) groups is 1. The summed E-state index contributed by atoms with van der Waals surface area (Å²) < 4.78 is 17.7. The third-order valence-electron chi connectivity index (χ3n) is 2.58. The van der Waals surface area contributed by atoms with Gasteiger partial charge in [-0.1, -0.05) is 12.1 Å². The first-order valence-corrected chi connectivity index (χ1v) is 5.66. The minimum absolute atomic E-state index is 0.350. The van der Waals surface area contributed by atoms with Crippen LogP contribution in [0.5, 0.6) is 0 Å². The summed E-state index contributed by atoms with van der Waals surface area (Å²) in [5, 5.41) is 0. The molecule has 0 fully saturated rings. The van der Waals surface area contributed by atoms with Crippen molar-refractivity contribution in [3.05, 3.63) is 65.7 Å². The Kier molecular flexibility index (Phi) is 4.03. The summed E-state index contributed by atoms with van der Waals surface area (Å²) in [7, 11) is 1.31. The summed E-state index contributed by atoms with van der Waals surface area (Å²) in [5.41, 5.74) is 1.79. The molecule has 0 atom stereocenters. The Morgan fingerprint density at radius 3 is 2.37 bits per heavy atom. The molecule has 96 valence electrons. The Balaban J connectivity index is 2.45. The molecule has 2 rings (SSSR count). The van der Waals surface area contributed by atoms with Crippen LogP contribution >= 0.6 is 0 Å². The highest BCUT2D eigenvalue weighted by Gasteiger charge is 2.12. The van der Waals surface area contributed by atoms with Crippen molar-refractivity contribution in [2.75, 3.05) is 7.11 Å². The number of esters is 1. The Morgan fingerprint density at radius 2 is 1.79 bits per heavy atom. The van der Waals surface area contributed by atoms with Gasteiger partial charge in [0.15, 0.2) is 0 Å². The van der Waals surface area contributed by atoms with E-state index >= 15 is 0 Å². The number of rotatable bonds is 3. The summed E-state index contributed by atoms with van der Waals surface area (Å²) in [5.74, 6) is -0.819. The molecule has 0 amide bonds. The lowest BCUT2D eigenvalue weighted by Crippen LogP contribution is -2.04. The molecular weight excluding hydrogens is 245 g/mol. The Labute approximate surface area is 110 Å². The molecule has 3 nitrogen and oxygen atoms in total. The lowest BCUT2D eigenvalue weighted by atomic mass is 10.0. The summed E-state index contributed by atoms with van der Waals surface area (Å²) in [6.07, 6.45) is 4.94. The van der Waals surface area contributed by atoms with Gasteiger partial charge in [0.2, 0.25) is 0 Å². The van der Waals surface area contributed by atoms with Crippen molar-refractivity contribution >= 4 is 17.6 Å². The van der Waals surface area contributed by atoms with Crippen LogP contribution in [0.15, 0.2) is 48.8 Å². The van der Waals surface area contributed by atoms with Gasteiger partial charge in [-0.05, 0) is 41.5 Å². The first kappa shape index (κ1) is 13.0. The van der Waals surface area contributed by atoms with E-state index < -0.39 is 5.97 Å². The van der Waals surface area contributed by atoms with Gasteiger partial charge in [-0.15, -0.1) is 0 Å². The maximum atomic E-state index is 12.9. The highest BCUT2D eigenvalue weighted by Crippen LogP contribution is 2.19. The van der Waals surface area contributed by atoms with E-state index in [-0.39, 0.29) is 5.82 Å². The average molecular weight is 257 g/mol. The van der Waals surface area contributed by atoms with Gasteiger partial charge >= 0.3 is 5.97 Å². The Bertz CT molecular complexity index is 591. The summed E-state index contributed by atoms with van der Waals surface area (Å²) in [4.78, 5) is 15.7. The zero-order chi connectivity index (χ0) is 13.7. The van der Waals surface area contributed by atoms with Crippen LogP contribution in [-0.2, 0) is 9.53 Å². The normalized spacial score (nSPS) is 11.2. The number of carbonyl (C=O) groups excluding carboxylic acids is 1. The first-order valence-electron chi connectivity index (χ1n) is 5.66. The molecule has 0 saturated heterocycles. The average Bonchev–Trinajstić information content (AvgIpc) is 2.46. The van der Waals surface area contributed by atoms with Crippen molar-refractivity contribution in [2.45, 2.75) is 0 Å². The van der Waals surface area contributed by atoms with Crippen LogP contribution in [0, 0.1) is 5.82 Å². The predicted molar refractivity (Wildman–Crippen MR) is 70.5 cm³/mol. The molecule has 1 aromatic carbocycles. The fourth-order valence-electron chi connectivity index (χ4n) is 1.63. The molecule has 0 N–H and O–H groups in total. The largest absolute Gasteiger partial charge is 0.465 e. The number of halogens is 1. The second kappa shape index (κ2) is 5.91. The first-order chi connectivity index (χ1) is 9.20. The molecule has 0 aliphatic carbocycles. The van der Waals surface area contributed by atoms with Crippen molar-refractivity contribution in [3.63, 3.8) is 0 Å². The van der Waals surface area contributed by atoms with Crippen LogP contribution in [0.25, 0.3) is 11.6 Å². The summed E-state index contributed by atoms with van der Waals surface area (Å²) in [6.45, 7) is 0. The molecule has 0 bridgehead atoms. The van der Waals surface area contributed by atoms with Crippen LogP contribution in [0.4, 0.5) is 4.39 Å². The summed E-state index contributed by atoms with van der Waals surface area (Å²) in [6, 6.07) is 9.23. The van der Waals surface area contributed by atoms with Crippen LogP contribution in [-0.4, -0.2) is 18.1 Å². The third-order valence-corrected chi connectivity index (χ3v) is 2.58. The number of hydrogen-bond donors (Lipinski definition) is 0. The quantitative estimate of drug-likeness (QED) is 0.627. The van der Waals surface area contributed by atoms with Crippen molar-refractivity contribution in [3.8, 4) is 0 Å². The van der Waals surface area contributed by atoms with E-state index in [1.54, 1.807) is 42.7 Å². The van der Waals surface area contributed by atoms with E-state index in [4.69, 9.17) is 4.74 Å². The van der Waals surface area contributed by atoms with Crippen molar-refractivity contribution in [2.24, 2.45) is 0 Å². The smallest absolute Gasteiger partial charge is 0.338 e. The highest BCUT2D eigenvalue weighted by molar-refractivity contribution is 6.21. The number of benzene rings is 1. The van der Waals surface area contributed by atoms with E-state index in [0.29, 0.717) is 11.1 Å². The maximum absolute atomic E-state index is 12.9. The van der Waals surface area contributed by atoms with Crippen LogP contribution in [0.1, 0.15) is 11.1 Å². The van der Waals surface area contributed by atoms with E-state index in [9.17, 15) is 9.18 Å². The molecular formula is C15H12FNO2. The fraction of sp³-hybridized carbons (Fsp3) is 0.0667. The number of methoxy groups -OCH3 is 1. The highest BCUT2D eigenvalue weighted by atomic mass is 19.1. The molecule has 2 aromatic rings. The van der Waals surface area contributed by atoms with Crippen LogP contribution in [0.3, 0.4) is 0 Å². The minimum atomic E-state index is -0.469. The van der Waals surface area contributed by atoms with Gasteiger partial charge in [-0.3, -0.25) is 4.98 Å². The molecule has 0 aliphatic rings. The van der Waals surface area contributed by atoms with E-state index in [0.717, 1.165) is 5.56 Å². The lowest BCUT2D eigenvalue weighted by molar-refractivity contribution is -0.133. The van der Waals surface area contributed by atoms with Crippen LogP contribution < -0.4 is 0 Å². The van der Waals surface area contributed by atoms with E-state index in [1.165, 1.54) is 19.2 Å². The van der Waals surface area contributed by atoms with Gasteiger partial charge in [-0.25, -0.2) is 9.18 Å². The molecule has 1 aromatic heterocycles. The Morgan fingerprint density at radius 1 is 1.16 bits per heavy atom. The maximum Gasteiger partial charge on any atom is 0.338 e. The SMILES string of the molecule is COC(=O)C(=Cc1ccncc1)c1ccc(F)cc1. The molecule has 0 radical (unpaired) electrons. The molecule has 1 heterocycles. The fourth-order valence-corrected chi connectivity index (χ4v) is 1.63. The minimum Gasteiger partial charge on any atom is -0.465 e. The third kappa shape index (κ3) is 3.25. The molecule has 0 spiro atoms. The van der Waals surface area contributed by atoms with Crippen molar-refractivity contribution in [1.82, 2.24) is 4.98 Å². The second-order valence-corrected chi connectivity index (χ2v) is 3.84. The van der Waals surface area contributed by atoms with Gasteiger partial charge in [0, 0.05) is 12.4 Å². The van der Waals surface area contributed by atoms with Crippen molar-refractivity contribution in [1.29, 1.82) is 0 Å². The predicted octanol–water partition coefficient (Wildman–Crippen LogP) is 2.93. The number of pyridine rings is 1. The van der Waals surface area contributed by atoms with Gasteiger partial charge in [0.25, 0.3) is 0 Å². The second-order valence-electron chi connectivity index (χ2n) is 3.84. The standard InChI is InChI=1S/C15H12FNO2/c1-19-15(18)14(10-11-6-8-17-9-7-11)12-2-4-13(16)5-3-12/h2-10H,1H3. The van der Waals surface area contributed by atoms with Gasteiger partial charge in [0.05, 0.1) is 12.7 Å². The topological polar surface area (TPSA) is 39.2 Å². The molecule has 4 heteroatoms. The Hall–Kier alpha value is -2.49. The number of aromatic nitrogens is 1. The zero-order valence-corrected chi connectivity index (χ0v) is 10.3. The van der Waals surface area contributed by atoms with E-state index in [1.807, 2.05) is 0 Å². The molecule has 0 unspecified atom stereocenters. The lowest BCUT2D eigenvalue weighted by Gasteiger charge is -2.06. The molecule has 0 aliphatic heterocycles. The van der Waals surface area contributed by atoms with Crippen LogP contribution in [0.2, 0.25) is 0 Å². The van der Waals surface area contributed by atoms with Gasteiger partial charge in [-0.2, -0.15) is 0 Å². The van der Waals surface area contributed by atoms with E-state index in [2.05, 4.69) is 4.98 Å². The molecule has 19 heavy (non-hydrogen) atoms. The zero-order valence-electron chi connectivity index (χ0n) is 10.3. The monoisotopic (exact) mass is 257 g/mol.